The van der Waals surface area contributed by atoms with Crippen molar-refractivity contribution in [2.24, 2.45) is 0 Å². The Kier molecular flexibility index (Phi) is 5.63. The first-order chi connectivity index (χ1) is 12.7. The summed E-state index contributed by atoms with van der Waals surface area (Å²) < 4.78 is 10.5. The van der Waals surface area contributed by atoms with E-state index in [2.05, 4.69) is 15.3 Å². The van der Waals surface area contributed by atoms with Gasteiger partial charge in [-0.25, -0.2) is 14.8 Å². The molecule has 0 spiro atoms. The number of ether oxygens (including phenoxy) is 2. The fourth-order valence-corrected chi connectivity index (χ4v) is 2.42. The number of methoxy groups -OCH3 is 1. The van der Waals surface area contributed by atoms with Gasteiger partial charge in [-0.1, -0.05) is 25.5 Å². The lowest BCUT2D eigenvalue weighted by atomic mass is 10.2. The van der Waals surface area contributed by atoms with Gasteiger partial charge in [0.15, 0.2) is 11.5 Å². The number of fused-ring (bicyclic) bond motifs is 1. The van der Waals surface area contributed by atoms with Crippen LogP contribution in [0.4, 0.5) is 11.5 Å². The number of esters is 1. The molecular weight excluding hydrogens is 330 g/mol. The lowest BCUT2D eigenvalue weighted by Crippen LogP contribution is -2.13. The normalized spacial score (nSPS) is 10.5. The standard InChI is InChI=1S/C20H21N3O3/c1-3-4-13-26-20(24)18-19(21-14-9-11-15(25-2)12-10-14)23-17-8-6-5-7-16(17)22-18/h5-12H,3-4,13H2,1-2H3,(H,21,23). The van der Waals surface area contributed by atoms with E-state index >= 15 is 0 Å². The first-order valence-corrected chi connectivity index (χ1v) is 8.56. The van der Waals surface area contributed by atoms with E-state index in [4.69, 9.17) is 9.47 Å². The molecule has 1 N–H and O–H groups in total. The van der Waals surface area contributed by atoms with Crippen LogP contribution < -0.4 is 10.1 Å². The topological polar surface area (TPSA) is 73.3 Å². The van der Waals surface area contributed by atoms with Gasteiger partial charge >= 0.3 is 5.97 Å². The van der Waals surface area contributed by atoms with Gasteiger partial charge in [-0.15, -0.1) is 0 Å². The zero-order valence-electron chi connectivity index (χ0n) is 14.9. The molecule has 0 amide bonds. The molecule has 134 valence electrons. The Bertz CT molecular complexity index is 894. The minimum atomic E-state index is -0.479. The summed E-state index contributed by atoms with van der Waals surface area (Å²) in [5.74, 6) is 0.641. The van der Waals surface area contributed by atoms with E-state index in [9.17, 15) is 4.79 Å². The quantitative estimate of drug-likeness (QED) is 0.504. The maximum atomic E-state index is 12.5. The lowest BCUT2D eigenvalue weighted by molar-refractivity contribution is 0.0494. The van der Waals surface area contributed by atoms with Crippen LogP contribution in [0.5, 0.6) is 5.75 Å². The van der Waals surface area contributed by atoms with Crippen molar-refractivity contribution in [3.63, 3.8) is 0 Å². The summed E-state index contributed by atoms with van der Waals surface area (Å²) >= 11 is 0. The molecule has 0 saturated heterocycles. The molecule has 0 aliphatic heterocycles. The fourth-order valence-electron chi connectivity index (χ4n) is 2.42. The van der Waals surface area contributed by atoms with Crippen molar-refractivity contribution in [2.75, 3.05) is 19.0 Å². The number of nitrogens with one attached hydrogen (secondary N) is 1. The highest BCUT2D eigenvalue weighted by atomic mass is 16.5. The molecule has 0 aliphatic carbocycles. The summed E-state index contributed by atoms with van der Waals surface area (Å²) in [7, 11) is 1.61. The minimum Gasteiger partial charge on any atom is -0.497 e. The van der Waals surface area contributed by atoms with Gasteiger partial charge in [-0.2, -0.15) is 0 Å². The van der Waals surface area contributed by atoms with Crippen LogP contribution in [-0.2, 0) is 4.74 Å². The number of aromatic nitrogens is 2. The maximum absolute atomic E-state index is 12.5. The summed E-state index contributed by atoms with van der Waals surface area (Å²) in [6, 6.07) is 14.8. The second-order valence-electron chi connectivity index (χ2n) is 5.75. The summed E-state index contributed by atoms with van der Waals surface area (Å²) in [4.78, 5) is 21.5. The highest BCUT2D eigenvalue weighted by Gasteiger charge is 2.18. The Morgan fingerprint density at radius 2 is 1.73 bits per heavy atom. The average Bonchev–Trinajstić information content (AvgIpc) is 2.68. The Labute approximate surface area is 152 Å². The van der Waals surface area contributed by atoms with E-state index in [0.29, 0.717) is 23.5 Å². The number of hydrogen-bond acceptors (Lipinski definition) is 6. The Morgan fingerprint density at radius 3 is 2.38 bits per heavy atom. The molecule has 26 heavy (non-hydrogen) atoms. The molecule has 0 bridgehead atoms. The molecule has 0 aliphatic rings. The third kappa shape index (κ3) is 4.08. The van der Waals surface area contributed by atoms with Crippen LogP contribution in [-0.4, -0.2) is 29.7 Å². The van der Waals surface area contributed by atoms with E-state index in [0.717, 1.165) is 24.3 Å². The molecule has 6 heteroatoms. The van der Waals surface area contributed by atoms with Gasteiger partial charge in [0.25, 0.3) is 0 Å². The Balaban J connectivity index is 1.94. The van der Waals surface area contributed by atoms with Crippen molar-refractivity contribution in [3.8, 4) is 5.75 Å². The Hall–Kier alpha value is -3.15. The van der Waals surface area contributed by atoms with Gasteiger partial charge < -0.3 is 14.8 Å². The van der Waals surface area contributed by atoms with Gasteiger partial charge in [-0.05, 0) is 42.8 Å². The first-order valence-electron chi connectivity index (χ1n) is 8.56. The van der Waals surface area contributed by atoms with E-state index in [1.807, 2.05) is 55.5 Å². The molecule has 1 aromatic heterocycles. The Morgan fingerprint density at radius 1 is 1.04 bits per heavy atom. The van der Waals surface area contributed by atoms with Gasteiger partial charge in [-0.3, -0.25) is 0 Å². The number of nitrogens with zero attached hydrogens (tertiary/aromatic N) is 2. The smallest absolute Gasteiger partial charge is 0.360 e. The third-order valence-electron chi connectivity index (χ3n) is 3.85. The van der Waals surface area contributed by atoms with E-state index in [1.165, 1.54) is 0 Å². The second-order valence-corrected chi connectivity index (χ2v) is 5.75. The van der Waals surface area contributed by atoms with E-state index in [-0.39, 0.29) is 5.69 Å². The van der Waals surface area contributed by atoms with Crippen LogP contribution in [0.15, 0.2) is 48.5 Å². The maximum Gasteiger partial charge on any atom is 0.360 e. The number of hydrogen-bond donors (Lipinski definition) is 1. The van der Waals surface area contributed by atoms with Crippen molar-refractivity contribution in [2.45, 2.75) is 19.8 Å². The van der Waals surface area contributed by atoms with Gasteiger partial charge in [0, 0.05) is 5.69 Å². The van der Waals surface area contributed by atoms with Crippen LogP contribution in [0, 0.1) is 0 Å². The molecular formula is C20H21N3O3. The van der Waals surface area contributed by atoms with Crippen LogP contribution in [0.25, 0.3) is 11.0 Å². The number of anilines is 2. The molecule has 0 atom stereocenters. The lowest BCUT2D eigenvalue weighted by Gasteiger charge is -2.12. The first kappa shape index (κ1) is 17.7. The average molecular weight is 351 g/mol. The van der Waals surface area contributed by atoms with Crippen LogP contribution in [0.3, 0.4) is 0 Å². The molecule has 3 aromatic rings. The highest BCUT2D eigenvalue weighted by Crippen LogP contribution is 2.23. The highest BCUT2D eigenvalue weighted by molar-refractivity contribution is 5.96. The number of para-hydroxylation sites is 2. The van der Waals surface area contributed by atoms with Gasteiger partial charge in [0.05, 0.1) is 24.8 Å². The summed E-state index contributed by atoms with van der Waals surface area (Å²) in [6.45, 7) is 2.41. The summed E-state index contributed by atoms with van der Waals surface area (Å²) in [5.41, 5.74) is 2.30. The van der Waals surface area contributed by atoms with Crippen molar-refractivity contribution in [1.29, 1.82) is 0 Å². The molecule has 6 nitrogen and oxygen atoms in total. The van der Waals surface area contributed by atoms with E-state index < -0.39 is 5.97 Å². The predicted molar refractivity (Wildman–Crippen MR) is 101 cm³/mol. The summed E-state index contributed by atoms with van der Waals surface area (Å²) in [5, 5.41) is 3.16. The molecule has 0 radical (unpaired) electrons. The van der Waals surface area contributed by atoms with Crippen molar-refractivity contribution in [1.82, 2.24) is 9.97 Å². The third-order valence-corrected chi connectivity index (χ3v) is 3.85. The van der Waals surface area contributed by atoms with Crippen LogP contribution in [0.2, 0.25) is 0 Å². The monoisotopic (exact) mass is 351 g/mol. The molecule has 2 aromatic carbocycles. The van der Waals surface area contributed by atoms with Crippen molar-refractivity contribution < 1.29 is 14.3 Å². The van der Waals surface area contributed by atoms with Gasteiger partial charge in [0.1, 0.15) is 5.75 Å². The van der Waals surface area contributed by atoms with E-state index in [1.54, 1.807) is 7.11 Å². The minimum absolute atomic E-state index is 0.177. The van der Waals surface area contributed by atoms with Crippen LogP contribution in [0.1, 0.15) is 30.3 Å². The zero-order chi connectivity index (χ0) is 18.4. The second kappa shape index (κ2) is 8.29. The number of carbonyl (C=O) groups is 1. The molecule has 0 fully saturated rings. The molecule has 3 rings (SSSR count). The number of unbranched alkanes of at least 4 members (excludes halogenated alkanes) is 1. The molecule has 1 heterocycles. The largest absolute Gasteiger partial charge is 0.497 e. The fraction of sp³-hybridized carbons (Fsp3) is 0.250. The predicted octanol–water partition coefficient (Wildman–Crippen LogP) is 4.34. The number of benzene rings is 2. The van der Waals surface area contributed by atoms with Gasteiger partial charge in [0.2, 0.25) is 0 Å². The number of rotatable bonds is 7. The van der Waals surface area contributed by atoms with Crippen molar-refractivity contribution >= 4 is 28.5 Å². The molecule has 0 saturated carbocycles. The molecule has 0 unspecified atom stereocenters. The number of carbonyl (C=O) groups excluding carboxylic acids is 1. The van der Waals surface area contributed by atoms with Crippen molar-refractivity contribution in [3.05, 3.63) is 54.2 Å². The van der Waals surface area contributed by atoms with Crippen LogP contribution >= 0.6 is 0 Å². The summed E-state index contributed by atoms with van der Waals surface area (Å²) in [6.07, 6.45) is 1.77. The zero-order valence-corrected chi connectivity index (χ0v) is 14.9. The SMILES string of the molecule is CCCCOC(=O)c1nc2ccccc2nc1Nc1ccc(OC)cc1.